The van der Waals surface area contributed by atoms with Crippen molar-refractivity contribution in [1.82, 2.24) is 15.1 Å². The molecule has 0 aromatic rings. The largest absolute Gasteiger partial charge is 0.387 e. The molecule has 2 amide bonds. The van der Waals surface area contributed by atoms with Crippen LogP contribution in [0.25, 0.3) is 0 Å². The second-order valence-electron chi connectivity index (χ2n) is 11.9. The van der Waals surface area contributed by atoms with Gasteiger partial charge in [0.2, 0.25) is 11.8 Å². The number of fused-ring (bicyclic) bond motifs is 1. The minimum absolute atomic E-state index is 0.0428. The van der Waals surface area contributed by atoms with Crippen LogP contribution in [0.5, 0.6) is 0 Å². The van der Waals surface area contributed by atoms with E-state index in [-0.39, 0.29) is 23.9 Å². The van der Waals surface area contributed by atoms with E-state index in [0.717, 1.165) is 96.8 Å². The lowest BCUT2D eigenvalue weighted by Crippen LogP contribution is -2.52. The van der Waals surface area contributed by atoms with Gasteiger partial charge in [-0.2, -0.15) is 0 Å². The molecule has 0 radical (unpaired) electrons. The molecule has 9 heteroatoms. The first kappa shape index (κ1) is 27.3. The third kappa shape index (κ3) is 6.58. The first-order valence-electron chi connectivity index (χ1n) is 14.5. The highest BCUT2D eigenvalue weighted by molar-refractivity contribution is 5.83. The van der Waals surface area contributed by atoms with E-state index in [1.165, 1.54) is 0 Å². The van der Waals surface area contributed by atoms with Crippen LogP contribution in [-0.4, -0.2) is 78.3 Å². The average molecular weight is 504 g/mol. The smallest absolute Gasteiger partial charge is 0.239 e. The van der Waals surface area contributed by atoms with Crippen molar-refractivity contribution in [2.75, 3.05) is 32.7 Å². The van der Waals surface area contributed by atoms with Gasteiger partial charge in [-0.15, -0.1) is 0 Å². The summed E-state index contributed by atoms with van der Waals surface area (Å²) in [7, 11) is 0. The summed E-state index contributed by atoms with van der Waals surface area (Å²) in [5, 5.41) is 11.2. The van der Waals surface area contributed by atoms with Gasteiger partial charge >= 0.3 is 0 Å². The number of piperidine rings is 1. The van der Waals surface area contributed by atoms with Crippen molar-refractivity contribution < 1.29 is 9.59 Å². The molecular formula is C27H49N7O2. The molecule has 2 saturated carbocycles. The predicted molar refractivity (Wildman–Crippen MR) is 142 cm³/mol. The summed E-state index contributed by atoms with van der Waals surface area (Å²) in [6, 6.07) is 0.549. The van der Waals surface area contributed by atoms with Crippen molar-refractivity contribution in [3.63, 3.8) is 0 Å². The Morgan fingerprint density at radius 3 is 2.25 bits per heavy atom. The molecule has 2 heterocycles. The van der Waals surface area contributed by atoms with Crippen LogP contribution >= 0.6 is 0 Å². The van der Waals surface area contributed by atoms with Crippen LogP contribution in [0.15, 0.2) is 0 Å². The summed E-state index contributed by atoms with van der Waals surface area (Å²) in [4.78, 5) is 30.5. The number of hydrogen-bond acceptors (Lipinski definition) is 6. The summed E-state index contributed by atoms with van der Waals surface area (Å²) >= 11 is 0. The van der Waals surface area contributed by atoms with Crippen LogP contribution in [-0.2, 0) is 9.59 Å². The Hall–Kier alpha value is -1.71. The molecular weight excluding hydrogens is 454 g/mol. The molecule has 0 spiro atoms. The van der Waals surface area contributed by atoms with Gasteiger partial charge in [-0.05, 0) is 94.9 Å². The minimum Gasteiger partial charge on any atom is -0.387 e. The number of hydrogen-bond donors (Lipinski definition) is 5. The van der Waals surface area contributed by atoms with Gasteiger partial charge in [0, 0.05) is 50.6 Å². The van der Waals surface area contributed by atoms with Crippen LogP contribution < -0.4 is 22.5 Å². The molecule has 0 aromatic heterocycles. The van der Waals surface area contributed by atoms with Crippen molar-refractivity contribution in [2.45, 2.75) is 95.2 Å². The van der Waals surface area contributed by atoms with E-state index in [9.17, 15) is 9.59 Å². The number of nitrogens with one attached hydrogen (secondary N) is 2. The molecule has 204 valence electrons. The first-order chi connectivity index (χ1) is 17.4. The molecule has 4 rings (SSSR count). The summed E-state index contributed by atoms with van der Waals surface area (Å²) in [6.07, 6.45) is 11.6. The molecule has 4 unspecified atom stereocenters. The quantitative estimate of drug-likeness (QED) is 0.237. The zero-order valence-corrected chi connectivity index (χ0v) is 22.0. The van der Waals surface area contributed by atoms with Crippen molar-refractivity contribution in [1.29, 1.82) is 5.41 Å². The molecule has 36 heavy (non-hydrogen) atoms. The molecule has 4 aliphatic rings. The molecule has 9 nitrogen and oxygen atoms in total. The Balaban J connectivity index is 1.40. The number of rotatable bonds is 9. The van der Waals surface area contributed by atoms with Gasteiger partial charge in [-0.3, -0.25) is 19.9 Å². The number of amides is 2. The van der Waals surface area contributed by atoms with E-state index >= 15 is 0 Å². The van der Waals surface area contributed by atoms with Gasteiger partial charge in [-0.1, -0.05) is 0 Å². The van der Waals surface area contributed by atoms with Crippen molar-refractivity contribution in [3.8, 4) is 0 Å². The number of amidine groups is 1. The van der Waals surface area contributed by atoms with Crippen LogP contribution in [0.2, 0.25) is 0 Å². The summed E-state index contributed by atoms with van der Waals surface area (Å²) < 4.78 is 0. The highest BCUT2D eigenvalue weighted by Crippen LogP contribution is 2.43. The third-order valence-corrected chi connectivity index (χ3v) is 9.59. The lowest BCUT2D eigenvalue weighted by atomic mass is 9.77. The van der Waals surface area contributed by atoms with Gasteiger partial charge in [0.15, 0.2) is 0 Å². The Labute approximate surface area is 216 Å². The van der Waals surface area contributed by atoms with Gasteiger partial charge in [-0.25, -0.2) is 0 Å². The lowest BCUT2D eigenvalue weighted by Gasteiger charge is -2.41. The minimum atomic E-state index is -0.0428. The van der Waals surface area contributed by atoms with Gasteiger partial charge in [0.1, 0.15) is 0 Å². The van der Waals surface area contributed by atoms with E-state index in [1.807, 2.05) is 0 Å². The van der Waals surface area contributed by atoms with E-state index in [1.54, 1.807) is 0 Å². The number of nitrogens with two attached hydrogens (primary N) is 3. The van der Waals surface area contributed by atoms with Crippen LogP contribution in [0.3, 0.4) is 0 Å². The van der Waals surface area contributed by atoms with E-state index < -0.39 is 0 Å². The van der Waals surface area contributed by atoms with Crippen molar-refractivity contribution in [3.05, 3.63) is 0 Å². The molecule has 8 N–H and O–H groups in total. The third-order valence-electron chi connectivity index (χ3n) is 9.59. The standard InChI is InChI=1S/C27H49N7O2/c28-11-7-18-9-13-33(14-10-18)27(36)24-15-20-3-4-21(26(30)31)16-23(20)34(24)17-19-1-5-22(6-2-19)32-25(35)8-12-29/h18-24H,1-17,28-29H2,(H3,30,31)(H,32,35). The maximum absolute atomic E-state index is 13.8. The fraction of sp³-hybridized carbons (Fsp3) is 0.889. The van der Waals surface area contributed by atoms with Crippen molar-refractivity contribution >= 4 is 17.6 Å². The fourth-order valence-corrected chi connectivity index (χ4v) is 7.44. The molecule has 4 atom stereocenters. The number of carbonyl (C=O) groups excluding carboxylic acids is 2. The van der Waals surface area contributed by atoms with Crippen molar-refractivity contribution in [2.24, 2.45) is 40.9 Å². The highest BCUT2D eigenvalue weighted by atomic mass is 16.2. The topological polar surface area (TPSA) is 155 Å². The fourth-order valence-electron chi connectivity index (χ4n) is 7.44. The average Bonchev–Trinajstić information content (AvgIpc) is 3.23. The lowest BCUT2D eigenvalue weighted by molar-refractivity contribution is -0.138. The zero-order valence-electron chi connectivity index (χ0n) is 22.0. The molecule has 2 aliphatic carbocycles. The number of carbonyl (C=O) groups is 2. The number of likely N-dealkylation sites (tertiary alicyclic amines) is 2. The van der Waals surface area contributed by atoms with Crippen LogP contribution in [0, 0.1) is 29.1 Å². The van der Waals surface area contributed by atoms with Gasteiger partial charge in [0.25, 0.3) is 0 Å². The zero-order chi connectivity index (χ0) is 25.7. The normalized spacial score (nSPS) is 33.8. The molecule has 2 saturated heterocycles. The Kier molecular flexibility index (Phi) is 9.64. The summed E-state index contributed by atoms with van der Waals surface area (Å²) in [6.45, 7) is 3.77. The SMILES string of the molecule is N=C(N)C1CCC2CC(C(=O)N3CCC(CCN)CC3)N(CC3CCC(NC(=O)CCN)CC3)C2C1. The predicted octanol–water partition coefficient (Wildman–Crippen LogP) is 1.39. The van der Waals surface area contributed by atoms with E-state index in [0.29, 0.717) is 48.5 Å². The molecule has 2 aliphatic heterocycles. The maximum Gasteiger partial charge on any atom is 0.239 e. The van der Waals surface area contributed by atoms with E-state index in [2.05, 4.69) is 15.1 Å². The highest BCUT2D eigenvalue weighted by Gasteiger charge is 2.49. The van der Waals surface area contributed by atoms with Gasteiger partial charge < -0.3 is 27.4 Å². The monoisotopic (exact) mass is 503 g/mol. The Morgan fingerprint density at radius 1 is 0.889 bits per heavy atom. The van der Waals surface area contributed by atoms with E-state index in [4.69, 9.17) is 22.6 Å². The molecule has 0 bridgehead atoms. The Bertz CT molecular complexity index is 761. The van der Waals surface area contributed by atoms with Crippen LogP contribution in [0.4, 0.5) is 0 Å². The second-order valence-corrected chi connectivity index (χ2v) is 11.9. The first-order valence-corrected chi connectivity index (χ1v) is 14.5. The summed E-state index contributed by atoms with van der Waals surface area (Å²) in [5.41, 5.74) is 17.2. The van der Waals surface area contributed by atoms with Gasteiger partial charge in [0.05, 0.1) is 11.9 Å². The molecule has 4 fully saturated rings. The van der Waals surface area contributed by atoms with Crippen LogP contribution in [0.1, 0.15) is 77.0 Å². The Morgan fingerprint density at radius 2 is 1.61 bits per heavy atom. The maximum atomic E-state index is 13.8. The second kappa shape index (κ2) is 12.7. The molecule has 0 aromatic carbocycles. The number of nitrogens with zero attached hydrogens (tertiary/aromatic N) is 2. The summed E-state index contributed by atoms with van der Waals surface area (Å²) in [5.74, 6) is 2.53.